The fourth-order valence-electron chi connectivity index (χ4n) is 3.52. The van der Waals surface area contributed by atoms with Crippen molar-refractivity contribution in [3.05, 3.63) is 59.2 Å². The lowest BCUT2D eigenvalue weighted by atomic mass is 9.95. The Bertz CT molecular complexity index is 1010. The Morgan fingerprint density at radius 1 is 1.21 bits per heavy atom. The van der Waals surface area contributed by atoms with Crippen molar-refractivity contribution in [3.63, 3.8) is 0 Å². The predicted octanol–water partition coefficient (Wildman–Crippen LogP) is 4.19. The number of hydrogen-bond acceptors (Lipinski definition) is 4. The van der Waals surface area contributed by atoms with Crippen molar-refractivity contribution in [2.75, 3.05) is 18.0 Å². The third kappa shape index (κ3) is 3.66. The largest absolute Gasteiger partial charge is 0.481 e. The fourth-order valence-corrected chi connectivity index (χ4v) is 3.52. The zero-order chi connectivity index (χ0) is 21.0. The van der Waals surface area contributed by atoms with Gasteiger partial charge in [0.25, 0.3) is 0 Å². The van der Waals surface area contributed by atoms with Crippen LogP contribution in [0.4, 0.5) is 18.9 Å². The van der Waals surface area contributed by atoms with Gasteiger partial charge in [-0.3, -0.25) is 4.79 Å². The molecule has 0 radical (unpaired) electrons. The van der Waals surface area contributed by atoms with Gasteiger partial charge in [-0.25, -0.2) is 4.99 Å². The van der Waals surface area contributed by atoms with Crippen LogP contribution in [0.25, 0.3) is 0 Å². The summed E-state index contributed by atoms with van der Waals surface area (Å²) >= 11 is 0. The van der Waals surface area contributed by atoms with Crippen LogP contribution in [0.15, 0.2) is 47.5 Å². The number of carboxylic acid groups (broad SMARTS) is 1. The average molecular weight is 404 g/mol. The smallest absolute Gasteiger partial charge is 0.416 e. The molecule has 0 atom stereocenters. The summed E-state index contributed by atoms with van der Waals surface area (Å²) in [6.45, 7) is 4.22. The number of hydrogen-bond donors (Lipinski definition) is 1. The second-order valence-electron chi connectivity index (χ2n) is 7.71. The number of benzene rings is 2. The van der Waals surface area contributed by atoms with Gasteiger partial charge < -0.3 is 14.7 Å². The molecule has 5 nitrogen and oxygen atoms in total. The van der Waals surface area contributed by atoms with Crippen molar-refractivity contribution in [1.82, 2.24) is 0 Å². The van der Waals surface area contributed by atoms with Gasteiger partial charge in [-0.05, 0) is 44.2 Å². The van der Waals surface area contributed by atoms with Crippen LogP contribution in [0.1, 0.15) is 30.5 Å². The van der Waals surface area contributed by atoms with Gasteiger partial charge in [-0.1, -0.05) is 12.1 Å². The number of alkyl halides is 3. The quantitative estimate of drug-likeness (QED) is 0.833. The van der Waals surface area contributed by atoms with Crippen molar-refractivity contribution in [3.8, 4) is 5.75 Å². The van der Waals surface area contributed by atoms with Crippen LogP contribution in [0.3, 0.4) is 0 Å². The highest BCUT2D eigenvalue weighted by Crippen LogP contribution is 2.38. The van der Waals surface area contributed by atoms with Crippen LogP contribution in [-0.2, 0) is 11.0 Å². The molecule has 0 aromatic heterocycles. The third-order valence-electron chi connectivity index (χ3n) is 5.02. The van der Waals surface area contributed by atoms with Crippen molar-refractivity contribution in [2.24, 2.45) is 10.9 Å². The summed E-state index contributed by atoms with van der Waals surface area (Å²) in [5.74, 6) is -1.07. The van der Waals surface area contributed by atoms with Crippen molar-refractivity contribution in [1.29, 1.82) is 0 Å². The minimum atomic E-state index is -4.46. The van der Waals surface area contributed by atoms with Crippen LogP contribution < -0.4 is 9.64 Å². The molecule has 8 heteroatoms. The number of ether oxygens (including phenoxy) is 1. The number of carbonyl (C=O) groups is 1. The molecule has 1 fully saturated rings. The summed E-state index contributed by atoms with van der Waals surface area (Å²) in [5.41, 5.74) is 0.818. The van der Waals surface area contributed by atoms with Crippen molar-refractivity contribution in [2.45, 2.75) is 25.7 Å². The molecule has 0 unspecified atom stereocenters. The summed E-state index contributed by atoms with van der Waals surface area (Å²) in [6.07, 6.45) is -4.46. The normalized spacial score (nSPS) is 18.4. The van der Waals surface area contributed by atoms with E-state index < -0.39 is 23.4 Å². The molecule has 29 heavy (non-hydrogen) atoms. The lowest BCUT2D eigenvalue weighted by Crippen LogP contribution is -2.50. The molecule has 2 heterocycles. The minimum absolute atomic E-state index is 0.134. The molecule has 2 aliphatic heterocycles. The standard InChI is InChI=1S/C21H19F3N2O3/c1-20(2)25-18(16-7-6-14(21(22,23)24)9-17(16)29-20)12-4-3-5-15(8-12)26-10-13(11-26)19(27)28/h3-9,13H,10-11H2,1-2H3,(H,27,28). The topological polar surface area (TPSA) is 62.1 Å². The molecular formula is C21H19F3N2O3. The lowest BCUT2D eigenvalue weighted by molar-refractivity contribution is -0.142. The van der Waals surface area contributed by atoms with Gasteiger partial charge in [0.05, 0.1) is 17.2 Å². The number of rotatable bonds is 3. The third-order valence-corrected chi connectivity index (χ3v) is 5.02. The Labute approximate surface area is 165 Å². The van der Waals surface area contributed by atoms with Crippen LogP contribution in [-0.4, -0.2) is 35.6 Å². The van der Waals surface area contributed by atoms with E-state index in [0.717, 1.165) is 23.4 Å². The predicted molar refractivity (Wildman–Crippen MR) is 102 cm³/mol. The first-order valence-corrected chi connectivity index (χ1v) is 9.12. The number of aliphatic imine (C=N–C) groups is 1. The molecule has 152 valence electrons. The Morgan fingerprint density at radius 2 is 1.93 bits per heavy atom. The van der Waals surface area contributed by atoms with Crippen LogP contribution >= 0.6 is 0 Å². The Morgan fingerprint density at radius 3 is 2.59 bits per heavy atom. The molecule has 1 saturated heterocycles. The first kappa shape index (κ1) is 19.3. The number of carboxylic acids is 1. The number of nitrogens with zero attached hydrogens (tertiary/aromatic N) is 2. The van der Waals surface area contributed by atoms with E-state index in [1.165, 1.54) is 6.07 Å². The fraction of sp³-hybridized carbons (Fsp3) is 0.333. The Balaban J connectivity index is 1.71. The van der Waals surface area contributed by atoms with Crippen LogP contribution in [0.2, 0.25) is 0 Å². The number of anilines is 1. The van der Waals surface area contributed by atoms with Gasteiger partial charge in [0.15, 0.2) is 5.72 Å². The SMILES string of the molecule is CC1(C)N=C(c2cccc(N3CC(C(=O)O)C3)c2)c2ccc(C(F)(F)F)cc2O1. The monoisotopic (exact) mass is 404 g/mol. The molecular weight excluding hydrogens is 385 g/mol. The van der Waals surface area contributed by atoms with Crippen LogP contribution in [0, 0.1) is 5.92 Å². The molecule has 2 aromatic carbocycles. The summed E-state index contributed by atoms with van der Waals surface area (Å²) in [7, 11) is 0. The second-order valence-corrected chi connectivity index (χ2v) is 7.71. The first-order chi connectivity index (χ1) is 13.5. The molecule has 1 N–H and O–H groups in total. The highest BCUT2D eigenvalue weighted by Gasteiger charge is 2.36. The molecule has 2 aromatic rings. The van der Waals surface area contributed by atoms with Gasteiger partial charge >= 0.3 is 12.1 Å². The van der Waals surface area contributed by atoms with Crippen molar-refractivity contribution >= 4 is 17.4 Å². The lowest BCUT2D eigenvalue weighted by Gasteiger charge is -2.39. The van der Waals surface area contributed by atoms with E-state index in [4.69, 9.17) is 9.84 Å². The Hall–Kier alpha value is -3.03. The first-order valence-electron chi connectivity index (χ1n) is 9.12. The highest BCUT2D eigenvalue weighted by molar-refractivity contribution is 6.15. The number of aliphatic carboxylic acids is 1. The maximum absolute atomic E-state index is 13.1. The highest BCUT2D eigenvalue weighted by atomic mass is 19.4. The van der Waals surface area contributed by atoms with Gasteiger partial charge in [0.2, 0.25) is 0 Å². The number of halogens is 3. The van der Waals surface area contributed by atoms with E-state index in [1.54, 1.807) is 13.8 Å². The zero-order valence-electron chi connectivity index (χ0n) is 15.8. The van der Waals surface area contributed by atoms with Crippen molar-refractivity contribution < 1.29 is 27.8 Å². The van der Waals surface area contributed by atoms with E-state index >= 15 is 0 Å². The summed E-state index contributed by atoms with van der Waals surface area (Å²) < 4.78 is 45.0. The summed E-state index contributed by atoms with van der Waals surface area (Å²) in [4.78, 5) is 17.6. The molecule has 0 aliphatic carbocycles. The van der Waals surface area contributed by atoms with Gasteiger partial charge in [0.1, 0.15) is 5.75 Å². The van der Waals surface area contributed by atoms with E-state index in [2.05, 4.69) is 4.99 Å². The van der Waals surface area contributed by atoms with Crippen LogP contribution in [0.5, 0.6) is 5.75 Å². The minimum Gasteiger partial charge on any atom is -0.481 e. The zero-order valence-corrected chi connectivity index (χ0v) is 15.8. The maximum atomic E-state index is 13.1. The molecule has 0 saturated carbocycles. The summed E-state index contributed by atoms with van der Waals surface area (Å²) in [5, 5.41) is 9.06. The maximum Gasteiger partial charge on any atom is 0.416 e. The molecule has 0 bridgehead atoms. The Kier molecular flexibility index (Phi) is 4.33. The molecule has 0 amide bonds. The molecule has 0 spiro atoms. The molecule has 2 aliphatic rings. The van der Waals surface area contributed by atoms with E-state index in [-0.39, 0.29) is 11.7 Å². The molecule has 4 rings (SSSR count). The number of fused-ring (bicyclic) bond motifs is 1. The van der Waals surface area contributed by atoms with Gasteiger partial charge in [0, 0.05) is 29.9 Å². The summed E-state index contributed by atoms with van der Waals surface area (Å²) in [6, 6.07) is 10.8. The van der Waals surface area contributed by atoms with E-state index in [1.807, 2.05) is 29.2 Å². The second kappa shape index (κ2) is 6.50. The van der Waals surface area contributed by atoms with E-state index in [9.17, 15) is 18.0 Å². The van der Waals surface area contributed by atoms with E-state index in [0.29, 0.717) is 24.4 Å². The van der Waals surface area contributed by atoms with Gasteiger partial charge in [-0.15, -0.1) is 0 Å². The average Bonchev–Trinajstić information content (AvgIpc) is 2.57. The van der Waals surface area contributed by atoms with Gasteiger partial charge in [-0.2, -0.15) is 13.2 Å².